The number of methoxy groups -OCH3 is 1. The molecule has 0 bridgehead atoms. The van der Waals surface area contributed by atoms with Crippen LogP contribution in [0.1, 0.15) is 41.6 Å². The van der Waals surface area contributed by atoms with Gasteiger partial charge in [-0.1, -0.05) is 6.07 Å². The van der Waals surface area contributed by atoms with E-state index in [0.717, 1.165) is 23.2 Å². The number of rotatable bonds is 9. The molecule has 2 unspecified atom stereocenters. The summed E-state index contributed by atoms with van der Waals surface area (Å²) in [5, 5.41) is 8.62. The summed E-state index contributed by atoms with van der Waals surface area (Å²) in [6.45, 7) is 6.36. The largest absolute Gasteiger partial charge is 0.375 e. The van der Waals surface area contributed by atoms with Crippen LogP contribution in [0.15, 0.2) is 27.9 Å². The lowest BCUT2D eigenvalue weighted by Gasteiger charge is -2.25. The molecule has 6 nitrogen and oxygen atoms in total. The van der Waals surface area contributed by atoms with E-state index < -0.39 is 0 Å². The molecule has 2 atom stereocenters. The molecule has 0 saturated carbocycles. The summed E-state index contributed by atoms with van der Waals surface area (Å²) in [4.78, 5) is 15.3. The van der Waals surface area contributed by atoms with Gasteiger partial charge in [-0.05, 0) is 39.4 Å². The predicted molar refractivity (Wildman–Crippen MR) is 116 cm³/mol. The molecule has 0 fully saturated rings. The van der Waals surface area contributed by atoms with Crippen LogP contribution in [-0.2, 0) is 11.3 Å². The van der Waals surface area contributed by atoms with E-state index in [0.29, 0.717) is 13.1 Å². The standard InChI is InChI=1S/C19H31N5OS2/c1-7-20-19(21-11-16(23(3)4)17-9-8-10-26-17)24(5)12-15-13-27-18(22-15)14(2)25-6/h8-10,13-14,16H,7,11-12H2,1-6H3,(H,20,21). The first kappa shape index (κ1) is 21.8. The third kappa shape index (κ3) is 6.27. The maximum absolute atomic E-state index is 5.36. The average Bonchev–Trinajstić information content (AvgIpc) is 3.32. The van der Waals surface area contributed by atoms with E-state index in [1.165, 1.54) is 4.88 Å². The van der Waals surface area contributed by atoms with Crippen molar-refractivity contribution in [2.75, 3.05) is 41.3 Å². The van der Waals surface area contributed by atoms with Crippen LogP contribution < -0.4 is 5.32 Å². The molecule has 0 saturated heterocycles. The molecule has 2 aromatic heterocycles. The minimum atomic E-state index is 0.0302. The Kier molecular flexibility index (Phi) is 8.69. The van der Waals surface area contributed by atoms with E-state index in [1.54, 1.807) is 29.8 Å². The summed E-state index contributed by atoms with van der Waals surface area (Å²) in [6.07, 6.45) is 0.0302. The molecular weight excluding hydrogens is 378 g/mol. The number of nitrogens with one attached hydrogen (secondary N) is 1. The van der Waals surface area contributed by atoms with Gasteiger partial charge in [0.2, 0.25) is 0 Å². The molecule has 0 spiro atoms. The molecule has 0 aliphatic heterocycles. The Bertz CT molecular complexity index is 699. The highest BCUT2D eigenvalue weighted by molar-refractivity contribution is 7.10. The van der Waals surface area contributed by atoms with Crippen LogP contribution in [0.2, 0.25) is 0 Å². The Morgan fingerprint density at radius 3 is 2.70 bits per heavy atom. The maximum Gasteiger partial charge on any atom is 0.194 e. The smallest absolute Gasteiger partial charge is 0.194 e. The Labute approximate surface area is 170 Å². The second kappa shape index (κ2) is 10.8. The lowest BCUT2D eigenvalue weighted by Crippen LogP contribution is -2.39. The van der Waals surface area contributed by atoms with Gasteiger partial charge in [-0.3, -0.25) is 4.99 Å². The van der Waals surface area contributed by atoms with E-state index in [4.69, 9.17) is 14.7 Å². The number of hydrogen-bond donors (Lipinski definition) is 1. The molecule has 0 aromatic carbocycles. The second-order valence-corrected chi connectivity index (χ2v) is 8.47. The summed E-state index contributed by atoms with van der Waals surface area (Å²) in [6, 6.07) is 4.55. The molecule has 0 aliphatic rings. The van der Waals surface area contributed by atoms with Gasteiger partial charge in [0.1, 0.15) is 11.1 Å². The molecule has 0 amide bonds. The van der Waals surface area contributed by atoms with Crippen molar-refractivity contribution in [1.82, 2.24) is 20.1 Å². The third-order valence-electron chi connectivity index (χ3n) is 4.28. The van der Waals surface area contributed by atoms with Gasteiger partial charge < -0.3 is 19.9 Å². The van der Waals surface area contributed by atoms with Gasteiger partial charge >= 0.3 is 0 Å². The molecule has 2 heterocycles. The molecule has 27 heavy (non-hydrogen) atoms. The summed E-state index contributed by atoms with van der Waals surface area (Å²) < 4.78 is 5.36. The van der Waals surface area contributed by atoms with Crippen molar-refractivity contribution in [2.45, 2.75) is 32.5 Å². The molecule has 2 rings (SSSR count). The van der Waals surface area contributed by atoms with E-state index in [-0.39, 0.29) is 12.1 Å². The Morgan fingerprint density at radius 1 is 1.33 bits per heavy atom. The van der Waals surface area contributed by atoms with E-state index in [2.05, 4.69) is 66.1 Å². The zero-order valence-electron chi connectivity index (χ0n) is 17.1. The minimum absolute atomic E-state index is 0.0302. The van der Waals surface area contributed by atoms with Crippen LogP contribution >= 0.6 is 22.7 Å². The summed E-state index contributed by atoms with van der Waals surface area (Å²) in [7, 11) is 7.97. The first-order chi connectivity index (χ1) is 13.0. The fourth-order valence-electron chi connectivity index (χ4n) is 2.63. The van der Waals surface area contributed by atoms with Crippen molar-refractivity contribution in [1.29, 1.82) is 0 Å². The van der Waals surface area contributed by atoms with Crippen LogP contribution in [-0.4, -0.2) is 62.1 Å². The molecule has 150 valence electrons. The van der Waals surface area contributed by atoms with E-state index in [9.17, 15) is 0 Å². The van der Waals surface area contributed by atoms with Gasteiger partial charge in [-0.15, -0.1) is 22.7 Å². The Hall–Kier alpha value is -1.48. The Morgan fingerprint density at radius 2 is 2.11 bits per heavy atom. The van der Waals surface area contributed by atoms with Crippen molar-refractivity contribution >= 4 is 28.6 Å². The number of guanidine groups is 1. The van der Waals surface area contributed by atoms with Crippen LogP contribution in [0.3, 0.4) is 0 Å². The Balaban J connectivity index is 2.08. The number of ether oxygens (including phenoxy) is 1. The van der Waals surface area contributed by atoms with Gasteiger partial charge in [0.05, 0.1) is 24.8 Å². The topological polar surface area (TPSA) is 53.0 Å². The van der Waals surface area contributed by atoms with E-state index in [1.807, 2.05) is 6.92 Å². The molecular formula is C19H31N5OS2. The summed E-state index contributed by atoms with van der Waals surface area (Å²) in [5.74, 6) is 0.898. The van der Waals surface area contributed by atoms with Crippen molar-refractivity contribution in [3.63, 3.8) is 0 Å². The number of hydrogen-bond acceptors (Lipinski definition) is 6. The summed E-state index contributed by atoms with van der Waals surface area (Å²) >= 11 is 3.42. The number of thiazole rings is 1. The molecule has 8 heteroatoms. The van der Waals surface area contributed by atoms with Crippen molar-refractivity contribution in [2.24, 2.45) is 4.99 Å². The molecule has 2 aromatic rings. The zero-order valence-corrected chi connectivity index (χ0v) is 18.7. The first-order valence-electron chi connectivity index (χ1n) is 9.12. The number of aliphatic imine (C=N–C) groups is 1. The van der Waals surface area contributed by atoms with Crippen molar-refractivity contribution < 1.29 is 4.74 Å². The molecule has 0 aliphatic carbocycles. The monoisotopic (exact) mass is 409 g/mol. The quantitative estimate of drug-likeness (QED) is 0.506. The number of thiophene rings is 1. The fraction of sp³-hybridized carbons (Fsp3) is 0.579. The normalized spacial score (nSPS) is 14.4. The molecule has 0 radical (unpaired) electrons. The van der Waals surface area contributed by atoms with Gasteiger partial charge in [-0.2, -0.15) is 0 Å². The third-order valence-corrected chi connectivity index (χ3v) is 6.30. The van der Waals surface area contributed by atoms with E-state index >= 15 is 0 Å². The van der Waals surface area contributed by atoms with Gasteiger partial charge in [0.15, 0.2) is 5.96 Å². The first-order valence-corrected chi connectivity index (χ1v) is 10.9. The summed E-state index contributed by atoms with van der Waals surface area (Å²) in [5.41, 5.74) is 1.04. The lowest BCUT2D eigenvalue weighted by molar-refractivity contribution is 0.119. The highest BCUT2D eigenvalue weighted by atomic mass is 32.1. The maximum atomic E-state index is 5.36. The molecule has 1 N–H and O–H groups in total. The number of likely N-dealkylation sites (N-methyl/N-ethyl adjacent to an activating group) is 1. The SMILES string of the molecule is CCNC(=NCC(c1cccs1)N(C)C)N(C)Cc1csc(C(C)OC)n1. The van der Waals surface area contributed by atoms with Gasteiger partial charge in [0, 0.05) is 31.0 Å². The van der Waals surface area contributed by atoms with Crippen LogP contribution in [0.4, 0.5) is 0 Å². The van der Waals surface area contributed by atoms with Crippen molar-refractivity contribution in [3.05, 3.63) is 38.5 Å². The predicted octanol–water partition coefficient (Wildman–Crippen LogP) is 3.61. The number of aromatic nitrogens is 1. The highest BCUT2D eigenvalue weighted by Crippen LogP contribution is 2.24. The fourth-order valence-corrected chi connectivity index (χ4v) is 4.39. The van der Waals surface area contributed by atoms with Crippen molar-refractivity contribution in [3.8, 4) is 0 Å². The zero-order chi connectivity index (χ0) is 19.8. The highest BCUT2D eigenvalue weighted by Gasteiger charge is 2.17. The van der Waals surface area contributed by atoms with Crippen LogP contribution in [0.5, 0.6) is 0 Å². The average molecular weight is 410 g/mol. The minimum Gasteiger partial charge on any atom is -0.375 e. The number of nitrogens with zero attached hydrogens (tertiary/aromatic N) is 4. The van der Waals surface area contributed by atoms with Crippen LogP contribution in [0, 0.1) is 0 Å². The second-order valence-electron chi connectivity index (χ2n) is 6.60. The van der Waals surface area contributed by atoms with Gasteiger partial charge in [-0.25, -0.2) is 4.98 Å². The van der Waals surface area contributed by atoms with Crippen LogP contribution in [0.25, 0.3) is 0 Å². The van der Waals surface area contributed by atoms with Gasteiger partial charge in [0.25, 0.3) is 0 Å². The lowest BCUT2D eigenvalue weighted by atomic mass is 10.2.